The van der Waals surface area contributed by atoms with Crippen molar-refractivity contribution in [3.05, 3.63) is 63.1 Å². The van der Waals surface area contributed by atoms with Gasteiger partial charge in [0.05, 0.1) is 28.6 Å². The fraction of sp³-hybridized carbons (Fsp3) is 0.280. The van der Waals surface area contributed by atoms with E-state index in [-0.39, 0.29) is 28.1 Å². The first-order valence-electron chi connectivity index (χ1n) is 11.7. The normalized spacial score (nSPS) is 19.9. The summed E-state index contributed by atoms with van der Waals surface area (Å²) in [6.07, 6.45) is 0. The van der Waals surface area contributed by atoms with Crippen LogP contribution in [0.3, 0.4) is 0 Å². The molecule has 1 fully saturated rings. The lowest BCUT2D eigenvalue weighted by Gasteiger charge is -2.36. The molecule has 0 spiro atoms. The van der Waals surface area contributed by atoms with Crippen molar-refractivity contribution in [1.29, 1.82) is 0 Å². The number of primary sulfonamides is 1. The molecule has 3 heterocycles. The van der Waals surface area contributed by atoms with Crippen molar-refractivity contribution in [3.63, 3.8) is 0 Å². The Morgan fingerprint density at radius 2 is 1.69 bits per heavy atom. The molecule has 14 heteroatoms. The van der Waals surface area contributed by atoms with Gasteiger partial charge in [-0.05, 0) is 48.5 Å². The second-order valence-electron chi connectivity index (χ2n) is 9.65. The van der Waals surface area contributed by atoms with E-state index in [1.165, 1.54) is 40.8 Å². The largest absolute Gasteiger partial charge is 0.497 e. The molecule has 1 saturated heterocycles. The molecule has 2 atom stereocenters. The Hall–Kier alpha value is -3.46. The van der Waals surface area contributed by atoms with Gasteiger partial charge in [-0.25, -0.2) is 18.5 Å². The zero-order valence-corrected chi connectivity index (χ0v) is 23.5. The van der Waals surface area contributed by atoms with Crippen LogP contribution in [0, 0.1) is 5.92 Å². The van der Waals surface area contributed by atoms with Crippen molar-refractivity contribution in [2.24, 2.45) is 11.1 Å². The highest BCUT2D eigenvalue weighted by molar-refractivity contribution is 8.00. The molecule has 2 aliphatic rings. The number of sulfonamides is 1. The van der Waals surface area contributed by atoms with Gasteiger partial charge in [-0.15, -0.1) is 0 Å². The number of carbonyl (C=O) groups is 3. The number of aromatic nitrogens is 1. The van der Waals surface area contributed by atoms with Crippen molar-refractivity contribution >= 4 is 62.2 Å². The molecule has 0 saturated carbocycles. The molecule has 11 nitrogen and oxygen atoms in total. The lowest BCUT2D eigenvalue weighted by Crippen LogP contribution is -2.41. The number of thioether (sulfide) groups is 1. The summed E-state index contributed by atoms with van der Waals surface area (Å²) >= 11 is 2.08. The predicted octanol–water partition coefficient (Wildman–Crippen LogP) is 2.15. The summed E-state index contributed by atoms with van der Waals surface area (Å²) in [4.78, 5) is 54.2. The standard InChI is InChI=1S/C25H24N4O7S3/c1-25(2)18-19(22(32)29(21(18)31)14-6-8-15(36-3)9-7-14)37-23-20(25)38-24(33)28(23)12-17(30)27-13-4-10-16(11-5-13)39(26,34)35/h4-11,18-19H,12H2,1-3H3,(H,27,30)(H2,26,34,35). The van der Waals surface area contributed by atoms with Crippen LogP contribution >= 0.6 is 23.1 Å². The monoisotopic (exact) mass is 588 g/mol. The summed E-state index contributed by atoms with van der Waals surface area (Å²) in [5.41, 5.74) is -0.0802. The summed E-state index contributed by atoms with van der Waals surface area (Å²) < 4.78 is 29.4. The molecule has 3 N–H and O–H groups in total. The molecular formula is C25H24N4O7S3. The number of anilines is 2. The van der Waals surface area contributed by atoms with Crippen LogP contribution in [-0.4, -0.2) is 43.1 Å². The van der Waals surface area contributed by atoms with E-state index in [1.54, 1.807) is 24.3 Å². The van der Waals surface area contributed by atoms with Crippen LogP contribution in [0.2, 0.25) is 0 Å². The smallest absolute Gasteiger partial charge is 0.308 e. The van der Waals surface area contributed by atoms with Gasteiger partial charge in [0.25, 0.3) is 0 Å². The second-order valence-corrected chi connectivity index (χ2v) is 13.3. The first-order chi connectivity index (χ1) is 18.3. The number of hydrogen-bond acceptors (Lipinski definition) is 9. The average molecular weight is 589 g/mol. The fourth-order valence-corrected chi connectivity index (χ4v) is 8.38. The molecule has 204 valence electrons. The number of imide groups is 1. The Labute approximate surface area is 232 Å². The first-order valence-corrected chi connectivity index (χ1v) is 14.9. The number of methoxy groups -OCH3 is 1. The molecule has 2 unspecified atom stereocenters. The summed E-state index contributed by atoms with van der Waals surface area (Å²) in [7, 11) is -2.35. The maximum atomic E-state index is 13.6. The number of carbonyl (C=O) groups excluding carboxylic acids is 3. The minimum absolute atomic E-state index is 0.101. The van der Waals surface area contributed by atoms with Gasteiger partial charge >= 0.3 is 4.87 Å². The minimum atomic E-state index is -3.88. The number of nitrogens with two attached hydrogens (primary N) is 1. The number of rotatable bonds is 6. The molecular weight excluding hydrogens is 564 g/mol. The van der Waals surface area contributed by atoms with Gasteiger partial charge in [0.2, 0.25) is 27.7 Å². The third-order valence-electron chi connectivity index (χ3n) is 6.80. The highest BCUT2D eigenvalue weighted by atomic mass is 32.2. The van der Waals surface area contributed by atoms with E-state index in [4.69, 9.17) is 9.88 Å². The van der Waals surface area contributed by atoms with Crippen molar-refractivity contribution in [1.82, 2.24) is 4.57 Å². The Morgan fingerprint density at radius 3 is 2.28 bits per heavy atom. The SMILES string of the molecule is COc1ccc(N2C(=O)C3Sc4c(sc(=O)n4CC(=O)Nc4ccc(S(N)(=O)=O)cc4)C(C)(C)C3C2=O)cc1. The van der Waals surface area contributed by atoms with Crippen LogP contribution in [0.5, 0.6) is 5.75 Å². The van der Waals surface area contributed by atoms with Crippen LogP contribution in [-0.2, 0) is 36.4 Å². The van der Waals surface area contributed by atoms with E-state index in [0.29, 0.717) is 27.0 Å². The van der Waals surface area contributed by atoms with E-state index in [0.717, 1.165) is 23.1 Å². The summed E-state index contributed by atoms with van der Waals surface area (Å²) in [6.45, 7) is 3.34. The third kappa shape index (κ3) is 4.67. The maximum absolute atomic E-state index is 13.6. The number of ether oxygens (including phenoxy) is 1. The van der Waals surface area contributed by atoms with Crippen molar-refractivity contribution in [2.75, 3.05) is 17.3 Å². The van der Waals surface area contributed by atoms with Crippen LogP contribution in [0.4, 0.5) is 11.4 Å². The molecule has 39 heavy (non-hydrogen) atoms. The number of amides is 3. The lowest BCUT2D eigenvalue weighted by molar-refractivity contribution is -0.123. The lowest BCUT2D eigenvalue weighted by atomic mass is 9.76. The summed E-state index contributed by atoms with van der Waals surface area (Å²) in [6, 6.07) is 11.9. The van der Waals surface area contributed by atoms with E-state index >= 15 is 0 Å². The second kappa shape index (κ2) is 9.62. The minimum Gasteiger partial charge on any atom is -0.497 e. The van der Waals surface area contributed by atoms with Crippen molar-refractivity contribution in [2.45, 2.75) is 41.0 Å². The zero-order chi connectivity index (χ0) is 28.3. The average Bonchev–Trinajstić information content (AvgIpc) is 3.33. The van der Waals surface area contributed by atoms with Crippen molar-refractivity contribution in [3.8, 4) is 5.75 Å². The molecule has 0 bridgehead atoms. The summed E-state index contributed by atoms with van der Waals surface area (Å²) in [5, 5.41) is 7.45. The highest BCUT2D eigenvalue weighted by Gasteiger charge is 2.59. The molecule has 3 amide bonds. The van der Waals surface area contributed by atoms with Crippen LogP contribution in [0.25, 0.3) is 0 Å². The fourth-order valence-electron chi connectivity index (χ4n) is 4.82. The number of benzene rings is 2. The first kappa shape index (κ1) is 27.1. The number of fused-ring (bicyclic) bond motifs is 2. The van der Waals surface area contributed by atoms with Crippen LogP contribution in [0.1, 0.15) is 18.7 Å². The van der Waals surface area contributed by atoms with Gasteiger partial charge < -0.3 is 10.1 Å². The molecule has 3 aromatic rings. The molecule has 5 rings (SSSR count). The van der Waals surface area contributed by atoms with Gasteiger partial charge in [0.1, 0.15) is 17.5 Å². The van der Waals surface area contributed by atoms with Crippen molar-refractivity contribution < 1.29 is 27.5 Å². The van der Waals surface area contributed by atoms with E-state index in [9.17, 15) is 27.6 Å². The number of nitrogens with zero attached hydrogens (tertiary/aromatic N) is 2. The van der Waals surface area contributed by atoms with Gasteiger partial charge in [0, 0.05) is 16.0 Å². The number of hydrogen-bond donors (Lipinski definition) is 2. The Bertz CT molecular complexity index is 1660. The van der Waals surface area contributed by atoms with Gasteiger partial charge in [0.15, 0.2) is 0 Å². The molecule has 0 aliphatic carbocycles. The van der Waals surface area contributed by atoms with E-state index < -0.39 is 32.5 Å². The quantitative estimate of drug-likeness (QED) is 0.415. The van der Waals surface area contributed by atoms with Crippen LogP contribution in [0.15, 0.2) is 63.2 Å². The Balaban J connectivity index is 1.41. The molecule has 1 aromatic heterocycles. The predicted molar refractivity (Wildman–Crippen MR) is 147 cm³/mol. The van der Waals surface area contributed by atoms with E-state index in [2.05, 4.69) is 5.32 Å². The third-order valence-corrected chi connectivity index (χ3v) is 10.6. The van der Waals surface area contributed by atoms with Gasteiger partial charge in [-0.3, -0.25) is 23.7 Å². The number of nitrogens with one attached hydrogen (secondary N) is 1. The molecule has 0 radical (unpaired) electrons. The topological polar surface area (TPSA) is 158 Å². The molecule has 2 aromatic carbocycles. The van der Waals surface area contributed by atoms with Gasteiger partial charge in [-0.2, -0.15) is 0 Å². The highest BCUT2D eigenvalue weighted by Crippen LogP contribution is 2.54. The van der Waals surface area contributed by atoms with Crippen LogP contribution < -0.4 is 25.0 Å². The Morgan fingerprint density at radius 1 is 1.05 bits per heavy atom. The Kier molecular flexibility index (Phi) is 6.69. The maximum Gasteiger partial charge on any atom is 0.308 e. The number of thiazole rings is 1. The van der Waals surface area contributed by atoms with Gasteiger partial charge in [-0.1, -0.05) is 36.9 Å². The molecule has 2 aliphatic heterocycles. The summed E-state index contributed by atoms with van der Waals surface area (Å²) in [5.74, 6) is -1.35. The zero-order valence-electron chi connectivity index (χ0n) is 21.0. The van der Waals surface area contributed by atoms with E-state index in [1.807, 2.05) is 13.8 Å².